The van der Waals surface area contributed by atoms with E-state index in [2.05, 4.69) is 19.8 Å². The van der Waals surface area contributed by atoms with Gasteiger partial charge in [0.15, 0.2) is 0 Å². The lowest BCUT2D eigenvalue weighted by atomic mass is 10.2. The molecule has 2 aromatic rings. The highest BCUT2D eigenvalue weighted by Crippen LogP contribution is 2.18. The summed E-state index contributed by atoms with van der Waals surface area (Å²) in [6.07, 6.45) is 1.60. The van der Waals surface area contributed by atoms with E-state index in [-0.39, 0.29) is 5.82 Å². The number of benzene rings is 1. The molecule has 0 unspecified atom stereocenters. The molecule has 1 aliphatic heterocycles. The number of nitriles is 1. The molecule has 0 N–H and O–H groups in total. The van der Waals surface area contributed by atoms with Gasteiger partial charge >= 0.3 is 0 Å². The van der Waals surface area contributed by atoms with E-state index in [4.69, 9.17) is 5.26 Å². The van der Waals surface area contributed by atoms with Crippen LogP contribution in [0.15, 0.2) is 36.5 Å². The molecule has 0 bridgehead atoms. The van der Waals surface area contributed by atoms with Crippen LogP contribution in [-0.4, -0.2) is 36.1 Å². The van der Waals surface area contributed by atoms with E-state index in [9.17, 15) is 4.39 Å². The van der Waals surface area contributed by atoms with Gasteiger partial charge in [-0.2, -0.15) is 5.26 Å². The maximum atomic E-state index is 12.9. The topological polar surface area (TPSA) is 56.1 Å². The van der Waals surface area contributed by atoms with Crippen LogP contribution in [0, 0.1) is 17.1 Å². The van der Waals surface area contributed by atoms with Crippen molar-refractivity contribution in [2.45, 2.75) is 0 Å². The van der Waals surface area contributed by atoms with Crippen LogP contribution in [0.4, 0.5) is 16.0 Å². The molecule has 0 amide bonds. The smallest absolute Gasteiger partial charge is 0.226 e. The lowest BCUT2D eigenvalue weighted by Crippen LogP contribution is -2.47. The Morgan fingerprint density at radius 3 is 2.33 bits per heavy atom. The van der Waals surface area contributed by atoms with E-state index in [0.717, 1.165) is 31.9 Å². The van der Waals surface area contributed by atoms with E-state index in [1.807, 2.05) is 6.07 Å². The number of hydrogen-bond donors (Lipinski definition) is 0. The summed E-state index contributed by atoms with van der Waals surface area (Å²) in [6.45, 7) is 3.16. The van der Waals surface area contributed by atoms with E-state index in [1.54, 1.807) is 24.4 Å². The Labute approximate surface area is 122 Å². The van der Waals surface area contributed by atoms with Crippen LogP contribution in [0.5, 0.6) is 0 Å². The Balaban J connectivity index is 1.67. The van der Waals surface area contributed by atoms with Gasteiger partial charge in [0.2, 0.25) is 5.95 Å². The van der Waals surface area contributed by atoms with Gasteiger partial charge in [-0.15, -0.1) is 0 Å². The summed E-state index contributed by atoms with van der Waals surface area (Å²) in [6, 6.07) is 10.1. The normalized spacial score (nSPS) is 14.9. The molecule has 0 aliphatic carbocycles. The lowest BCUT2D eigenvalue weighted by Gasteiger charge is -2.36. The predicted molar refractivity (Wildman–Crippen MR) is 77.6 cm³/mol. The summed E-state index contributed by atoms with van der Waals surface area (Å²) in [5.41, 5.74) is 1.39. The van der Waals surface area contributed by atoms with Gasteiger partial charge in [0.1, 0.15) is 17.6 Å². The zero-order valence-corrected chi connectivity index (χ0v) is 11.4. The van der Waals surface area contributed by atoms with Crippen LogP contribution < -0.4 is 9.80 Å². The van der Waals surface area contributed by atoms with Gasteiger partial charge < -0.3 is 9.80 Å². The molecule has 21 heavy (non-hydrogen) atoms. The van der Waals surface area contributed by atoms with Crippen LogP contribution in [-0.2, 0) is 0 Å². The molecule has 5 nitrogen and oxygen atoms in total. The van der Waals surface area contributed by atoms with Crippen LogP contribution in [0.1, 0.15) is 5.69 Å². The van der Waals surface area contributed by atoms with Gasteiger partial charge in [-0.05, 0) is 30.3 Å². The van der Waals surface area contributed by atoms with Crippen LogP contribution in [0.25, 0.3) is 0 Å². The van der Waals surface area contributed by atoms with Crippen molar-refractivity contribution in [3.8, 4) is 6.07 Å². The van der Waals surface area contributed by atoms with Crippen molar-refractivity contribution in [2.75, 3.05) is 36.0 Å². The van der Waals surface area contributed by atoms with Crippen molar-refractivity contribution >= 4 is 11.6 Å². The maximum absolute atomic E-state index is 12.9. The largest absolute Gasteiger partial charge is 0.368 e. The van der Waals surface area contributed by atoms with E-state index >= 15 is 0 Å². The van der Waals surface area contributed by atoms with Crippen LogP contribution in [0.3, 0.4) is 0 Å². The molecule has 1 fully saturated rings. The molecule has 1 aromatic carbocycles. The van der Waals surface area contributed by atoms with Gasteiger partial charge in [0, 0.05) is 38.1 Å². The maximum Gasteiger partial charge on any atom is 0.226 e. The third-order valence-corrected chi connectivity index (χ3v) is 3.51. The molecule has 0 radical (unpaired) electrons. The minimum absolute atomic E-state index is 0.223. The first-order valence-corrected chi connectivity index (χ1v) is 6.75. The second-order valence-electron chi connectivity index (χ2n) is 4.80. The van der Waals surface area contributed by atoms with Crippen LogP contribution in [0.2, 0.25) is 0 Å². The third kappa shape index (κ3) is 2.92. The molecule has 1 saturated heterocycles. The Morgan fingerprint density at radius 2 is 1.67 bits per heavy atom. The minimum atomic E-state index is -0.223. The Morgan fingerprint density at radius 1 is 1.00 bits per heavy atom. The summed E-state index contributed by atoms with van der Waals surface area (Å²) in [7, 11) is 0. The van der Waals surface area contributed by atoms with Crippen molar-refractivity contribution in [1.82, 2.24) is 9.97 Å². The third-order valence-electron chi connectivity index (χ3n) is 3.51. The van der Waals surface area contributed by atoms with Crippen molar-refractivity contribution in [2.24, 2.45) is 0 Å². The average molecular weight is 283 g/mol. The zero-order chi connectivity index (χ0) is 14.7. The molecule has 0 spiro atoms. The molecule has 1 aromatic heterocycles. The van der Waals surface area contributed by atoms with E-state index in [0.29, 0.717) is 11.6 Å². The Bertz CT molecular complexity index is 657. The SMILES string of the molecule is N#Cc1ccnc(N2CCN(c3ccc(F)cc3)CC2)n1. The van der Waals surface area contributed by atoms with E-state index < -0.39 is 0 Å². The average Bonchev–Trinajstić information content (AvgIpc) is 2.56. The number of piperazine rings is 1. The highest BCUT2D eigenvalue weighted by molar-refractivity contribution is 5.48. The van der Waals surface area contributed by atoms with Gasteiger partial charge in [-0.3, -0.25) is 0 Å². The van der Waals surface area contributed by atoms with Crippen molar-refractivity contribution < 1.29 is 4.39 Å². The fourth-order valence-electron chi connectivity index (χ4n) is 2.38. The number of aromatic nitrogens is 2. The zero-order valence-electron chi connectivity index (χ0n) is 11.4. The quantitative estimate of drug-likeness (QED) is 0.841. The second-order valence-corrected chi connectivity index (χ2v) is 4.80. The molecule has 2 heterocycles. The second kappa shape index (κ2) is 5.75. The molecular formula is C15H14FN5. The van der Waals surface area contributed by atoms with Crippen molar-refractivity contribution in [3.05, 3.63) is 48.0 Å². The van der Waals surface area contributed by atoms with Gasteiger partial charge in [0.25, 0.3) is 0 Å². The molecule has 106 valence electrons. The molecule has 0 saturated carbocycles. The fourth-order valence-corrected chi connectivity index (χ4v) is 2.38. The van der Waals surface area contributed by atoms with Gasteiger partial charge in [-0.25, -0.2) is 14.4 Å². The van der Waals surface area contributed by atoms with Crippen LogP contribution >= 0.6 is 0 Å². The number of anilines is 2. The summed E-state index contributed by atoms with van der Waals surface area (Å²) >= 11 is 0. The number of halogens is 1. The Kier molecular flexibility index (Phi) is 3.65. The molecule has 6 heteroatoms. The summed E-state index contributed by atoms with van der Waals surface area (Å²) in [5.74, 6) is 0.368. The monoisotopic (exact) mass is 283 g/mol. The summed E-state index contributed by atoms with van der Waals surface area (Å²) in [4.78, 5) is 12.7. The number of hydrogen-bond acceptors (Lipinski definition) is 5. The highest BCUT2D eigenvalue weighted by atomic mass is 19.1. The molecule has 3 rings (SSSR count). The first-order chi connectivity index (χ1) is 10.3. The Hall–Kier alpha value is -2.68. The number of nitrogens with zero attached hydrogens (tertiary/aromatic N) is 5. The van der Waals surface area contributed by atoms with Crippen molar-refractivity contribution in [1.29, 1.82) is 5.26 Å². The minimum Gasteiger partial charge on any atom is -0.368 e. The fraction of sp³-hybridized carbons (Fsp3) is 0.267. The summed E-state index contributed by atoms with van der Waals surface area (Å²) in [5, 5.41) is 8.88. The predicted octanol–water partition coefficient (Wildman–Crippen LogP) is 1.81. The molecular weight excluding hydrogens is 269 g/mol. The first-order valence-electron chi connectivity index (χ1n) is 6.75. The summed E-state index contributed by atoms with van der Waals surface area (Å²) < 4.78 is 12.9. The van der Waals surface area contributed by atoms with E-state index in [1.165, 1.54) is 12.1 Å². The highest BCUT2D eigenvalue weighted by Gasteiger charge is 2.19. The van der Waals surface area contributed by atoms with Gasteiger partial charge in [-0.1, -0.05) is 0 Å². The van der Waals surface area contributed by atoms with Crippen molar-refractivity contribution in [3.63, 3.8) is 0 Å². The number of rotatable bonds is 2. The molecule has 0 atom stereocenters. The van der Waals surface area contributed by atoms with Gasteiger partial charge in [0.05, 0.1) is 0 Å². The lowest BCUT2D eigenvalue weighted by molar-refractivity contribution is 0.623. The first kappa shape index (κ1) is 13.3. The molecule has 1 aliphatic rings. The standard InChI is InChI=1S/C15H14FN5/c16-12-1-3-14(4-2-12)20-7-9-21(10-8-20)15-18-6-5-13(11-17)19-15/h1-6H,7-10H2.